The Balaban J connectivity index is 1.81. The minimum absolute atomic E-state index is 0.0338. The summed E-state index contributed by atoms with van der Waals surface area (Å²) in [5.74, 6) is 0.328. The van der Waals surface area contributed by atoms with Crippen molar-refractivity contribution >= 4 is 5.69 Å². The van der Waals surface area contributed by atoms with Crippen molar-refractivity contribution in [3.8, 4) is 0 Å². The van der Waals surface area contributed by atoms with Gasteiger partial charge in [0.25, 0.3) is 0 Å². The lowest BCUT2D eigenvalue weighted by atomic mass is 9.84. The molecule has 0 aliphatic carbocycles. The number of likely N-dealkylation sites (N-methyl/N-ethyl adjacent to an activating group) is 1. The zero-order valence-corrected chi connectivity index (χ0v) is 21.4. The number of allylic oxidation sites excluding steroid dienone is 13. The Morgan fingerprint density at radius 2 is 1.71 bits per heavy atom. The number of fused-ring (bicyclic) bond motifs is 1. The van der Waals surface area contributed by atoms with E-state index in [0.29, 0.717) is 12.2 Å². The molecular weight excluding hydrogens is 426 g/mol. The van der Waals surface area contributed by atoms with E-state index < -0.39 is 0 Å². The predicted molar refractivity (Wildman–Crippen MR) is 152 cm³/mol. The lowest BCUT2D eigenvalue weighted by Crippen LogP contribution is -2.22. The number of aliphatic hydroxyl groups excluding tert-OH is 1. The topological polar surface area (TPSA) is 23.5 Å². The third-order valence-electron chi connectivity index (χ3n) is 6.38. The summed E-state index contributed by atoms with van der Waals surface area (Å²) in [5.41, 5.74) is 6.87. The van der Waals surface area contributed by atoms with Gasteiger partial charge in [-0.3, -0.25) is 0 Å². The molecule has 0 amide bonds. The summed E-state index contributed by atoms with van der Waals surface area (Å²) in [7, 11) is 2.13. The van der Waals surface area contributed by atoms with Crippen LogP contribution in [0, 0.1) is 0 Å². The van der Waals surface area contributed by atoms with Crippen LogP contribution in [0.2, 0.25) is 0 Å². The van der Waals surface area contributed by atoms with Crippen LogP contribution in [0.3, 0.4) is 0 Å². The minimum Gasteiger partial charge on any atom is -0.512 e. The van der Waals surface area contributed by atoms with Crippen LogP contribution in [-0.2, 0) is 11.8 Å². The number of para-hydroxylation sites is 1. The Labute approximate surface area is 211 Å². The van der Waals surface area contributed by atoms with E-state index in [1.807, 2.05) is 67.6 Å². The van der Waals surface area contributed by atoms with Gasteiger partial charge in [-0.2, -0.15) is 0 Å². The van der Waals surface area contributed by atoms with Crippen LogP contribution in [-0.4, -0.2) is 12.2 Å². The molecule has 0 saturated carbocycles. The molecule has 2 nitrogen and oxygen atoms in total. The summed E-state index contributed by atoms with van der Waals surface area (Å²) in [4.78, 5) is 2.28. The van der Waals surface area contributed by atoms with Crippen molar-refractivity contribution in [1.29, 1.82) is 0 Å². The highest BCUT2D eigenvalue weighted by molar-refractivity contribution is 5.70. The van der Waals surface area contributed by atoms with Crippen LogP contribution in [0.1, 0.15) is 38.3 Å². The second-order valence-corrected chi connectivity index (χ2v) is 9.23. The number of hydrogen-bond donors (Lipinski definition) is 1. The normalized spacial score (nSPS) is 17.5. The lowest BCUT2D eigenvalue weighted by molar-refractivity contribution is 0.398. The fraction of sp³-hybridized carbons (Fsp3) is 0.212. The molecule has 0 bridgehead atoms. The number of rotatable bonds is 9. The van der Waals surface area contributed by atoms with Crippen LogP contribution in [0.15, 0.2) is 138 Å². The number of benzene rings is 2. The predicted octanol–water partition coefficient (Wildman–Crippen LogP) is 8.54. The average Bonchev–Trinajstić information content (AvgIpc) is 3.05. The van der Waals surface area contributed by atoms with Gasteiger partial charge in [0.2, 0.25) is 0 Å². The average molecular weight is 464 g/mol. The van der Waals surface area contributed by atoms with Gasteiger partial charge >= 0.3 is 0 Å². The Bertz CT molecular complexity index is 1200. The summed E-state index contributed by atoms with van der Waals surface area (Å²) >= 11 is 0. The van der Waals surface area contributed by atoms with E-state index in [1.165, 1.54) is 16.9 Å². The molecule has 1 heterocycles. The second-order valence-electron chi connectivity index (χ2n) is 9.23. The van der Waals surface area contributed by atoms with Crippen molar-refractivity contribution < 1.29 is 5.11 Å². The molecule has 35 heavy (non-hydrogen) atoms. The molecule has 0 saturated heterocycles. The maximum Gasteiger partial charge on any atom is 0.0972 e. The molecule has 2 aromatic rings. The third kappa shape index (κ3) is 6.42. The van der Waals surface area contributed by atoms with Gasteiger partial charge in [-0.05, 0) is 53.8 Å². The molecule has 0 radical (unpaired) electrons. The molecular formula is C33H37NO. The molecule has 0 spiro atoms. The highest BCUT2D eigenvalue weighted by atomic mass is 16.3. The van der Waals surface area contributed by atoms with Crippen LogP contribution in [0.4, 0.5) is 5.69 Å². The highest BCUT2D eigenvalue weighted by Crippen LogP contribution is 2.46. The first kappa shape index (κ1) is 25.8. The number of nitrogens with zero attached hydrogens (tertiary/aromatic N) is 1. The van der Waals surface area contributed by atoms with Crippen molar-refractivity contribution in [1.82, 2.24) is 0 Å². The quantitative estimate of drug-likeness (QED) is 0.297. The van der Waals surface area contributed by atoms with Crippen molar-refractivity contribution in [2.45, 2.75) is 39.0 Å². The van der Waals surface area contributed by atoms with E-state index in [2.05, 4.69) is 80.9 Å². The summed E-state index contributed by atoms with van der Waals surface area (Å²) in [6, 6.07) is 18.6. The number of aliphatic hydroxyl groups is 1. The van der Waals surface area contributed by atoms with E-state index >= 15 is 0 Å². The van der Waals surface area contributed by atoms with Gasteiger partial charge in [-0.15, -0.1) is 0 Å². The van der Waals surface area contributed by atoms with E-state index in [-0.39, 0.29) is 5.41 Å². The lowest BCUT2D eigenvalue weighted by Gasteiger charge is -2.23. The van der Waals surface area contributed by atoms with Crippen LogP contribution < -0.4 is 4.90 Å². The molecule has 3 rings (SSSR count). The van der Waals surface area contributed by atoms with E-state index in [4.69, 9.17) is 0 Å². The smallest absolute Gasteiger partial charge is 0.0972 e. The molecule has 1 aliphatic rings. The molecule has 1 N–H and O–H groups in total. The largest absolute Gasteiger partial charge is 0.512 e. The highest BCUT2D eigenvalue weighted by Gasteiger charge is 2.37. The molecule has 0 atom stereocenters. The van der Waals surface area contributed by atoms with Crippen LogP contribution in [0.5, 0.6) is 0 Å². The van der Waals surface area contributed by atoms with E-state index in [9.17, 15) is 5.11 Å². The third-order valence-corrected chi connectivity index (χ3v) is 6.38. The molecule has 180 valence electrons. The summed E-state index contributed by atoms with van der Waals surface area (Å²) in [6.07, 6.45) is 19.5. The molecule has 0 aromatic heterocycles. The molecule has 2 aromatic carbocycles. The Morgan fingerprint density at radius 3 is 2.40 bits per heavy atom. The van der Waals surface area contributed by atoms with Crippen molar-refractivity contribution in [3.05, 3.63) is 150 Å². The SMILES string of the molecule is C=CC(=C\C=C/C)/C(/C=C(\O)Cc1ccccc1)=C/C/C=C/C=C1/N(C)c2ccccc2C1(C)C. The Hall–Kier alpha value is -3.78. The van der Waals surface area contributed by atoms with Gasteiger partial charge < -0.3 is 10.0 Å². The van der Waals surface area contributed by atoms with Gasteiger partial charge in [-0.25, -0.2) is 0 Å². The summed E-state index contributed by atoms with van der Waals surface area (Å²) in [5, 5.41) is 10.7. The molecule has 1 aliphatic heterocycles. The first-order valence-corrected chi connectivity index (χ1v) is 12.2. The van der Waals surface area contributed by atoms with E-state index in [0.717, 1.165) is 23.1 Å². The standard InChI is InChI=1S/C33H37NO/c1-6-8-19-27(7-2)28(25-29(35)24-26-17-11-9-12-18-26)20-13-10-14-23-32-33(3,4)30-21-15-16-22-31(30)34(32)5/h6-12,14-23,25,35H,2,13,24H2,1,3-5H3/b8-6-,14-10+,27-19+,28-20+,29-25-,32-23+. The van der Waals surface area contributed by atoms with Gasteiger partial charge in [0.15, 0.2) is 0 Å². The Morgan fingerprint density at radius 1 is 1.00 bits per heavy atom. The van der Waals surface area contributed by atoms with Crippen LogP contribution >= 0.6 is 0 Å². The number of hydrogen-bond acceptors (Lipinski definition) is 2. The first-order chi connectivity index (χ1) is 16.9. The van der Waals surface area contributed by atoms with Gasteiger partial charge in [0, 0.05) is 30.3 Å². The molecule has 2 heteroatoms. The monoisotopic (exact) mass is 463 g/mol. The second kappa shape index (κ2) is 12.1. The zero-order valence-electron chi connectivity index (χ0n) is 21.4. The summed E-state index contributed by atoms with van der Waals surface area (Å²) < 4.78 is 0. The Kier molecular flexibility index (Phi) is 8.92. The van der Waals surface area contributed by atoms with Gasteiger partial charge in [0.05, 0.1) is 5.76 Å². The number of anilines is 1. The van der Waals surface area contributed by atoms with Gasteiger partial charge in [0.1, 0.15) is 0 Å². The van der Waals surface area contributed by atoms with Crippen molar-refractivity contribution in [2.24, 2.45) is 0 Å². The maximum absolute atomic E-state index is 10.7. The minimum atomic E-state index is -0.0338. The molecule has 0 fully saturated rings. The fourth-order valence-corrected chi connectivity index (χ4v) is 4.51. The van der Waals surface area contributed by atoms with Crippen LogP contribution in [0.25, 0.3) is 0 Å². The van der Waals surface area contributed by atoms with Gasteiger partial charge in [-0.1, -0.05) is 111 Å². The first-order valence-electron chi connectivity index (χ1n) is 12.2. The fourth-order valence-electron chi connectivity index (χ4n) is 4.51. The summed E-state index contributed by atoms with van der Waals surface area (Å²) in [6.45, 7) is 10.5. The molecule has 0 unspecified atom stereocenters. The maximum atomic E-state index is 10.7. The zero-order chi connectivity index (χ0) is 25.3. The van der Waals surface area contributed by atoms with Crippen molar-refractivity contribution in [3.63, 3.8) is 0 Å². The van der Waals surface area contributed by atoms with Crippen molar-refractivity contribution in [2.75, 3.05) is 11.9 Å². The van der Waals surface area contributed by atoms with E-state index in [1.54, 1.807) is 0 Å².